The molecule has 0 unspecified atom stereocenters. The quantitative estimate of drug-likeness (QED) is 0.340. The summed E-state index contributed by atoms with van der Waals surface area (Å²) < 4.78 is 0. The second-order valence-corrected chi connectivity index (χ2v) is 6.85. The van der Waals surface area contributed by atoms with Gasteiger partial charge in [-0.25, -0.2) is 0 Å². The van der Waals surface area contributed by atoms with Gasteiger partial charge in [0.25, 0.3) is 0 Å². The predicted octanol–water partition coefficient (Wildman–Crippen LogP) is -3.81. The third-order valence-corrected chi connectivity index (χ3v) is 4.74. The van der Waals surface area contributed by atoms with Gasteiger partial charge < -0.3 is 45.2 Å². The summed E-state index contributed by atoms with van der Waals surface area (Å²) in [6.45, 7) is 7.87. The average Bonchev–Trinajstić information content (AvgIpc) is 2.59. The van der Waals surface area contributed by atoms with Gasteiger partial charge >= 0.3 is 21.7 Å². The van der Waals surface area contributed by atoms with Gasteiger partial charge in [-0.2, -0.15) is 17.7 Å². The summed E-state index contributed by atoms with van der Waals surface area (Å²) in [6.07, 6.45) is 4.74. The molecule has 27 heavy (non-hydrogen) atoms. The molecular formula is C20H35Cl2N4Ti. The molecule has 1 heterocycles. The second-order valence-electron chi connectivity index (χ2n) is 6.85. The van der Waals surface area contributed by atoms with Crippen molar-refractivity contribution < 1.29 is 46.5 Å². The first kappa shape index (κ1) is 29.4. The van der Waals surface area contributed by atoms with E-state index in [1.807, 2.05) is 0 Å². The van der Waals surface area contributed by atoms with Gasteiger partial charge in [0.1, 0.15) is 0 Å². The molecule has 0 aliphatic carbocycles. The molecule has 1 radical (unpaired) electrons. The zero-order valence-corrected chi connectivity index (χ0v) is 19.9. The Labute approximate surface area is 193 Å². The van der Waals surface area contributed by atoms with Crippen LogP contribution in [0.2, 0.25) is 0 Å². The van der Waals surface area contributed by atoms with E-state index in [-0.39, 0.29) is 46.5 Å². The molecule has 2 rings (SSSR count). The Morgan fingerprint density at radius 1 is 0.778 bits per heavy atom. The fourth-order valence-electron chi connectivity index (χ4n) is 3.28. The number of benzene rings is 1. The minimum atomic E-state index is 0. The van der Waals surface area contributed by atoms with Crippen LogP contribution >= 0.6 is 0 Å². The molecule has 153 valence electrons. The molecule has 0 amide bonds. The van der Waals surface area contributed by atoms with Crippen LogP contribution in [0.25, 0.3) is 0 Å². The smallest absolute Gasteiger partial charge is 1.00 e. The van der Waals surface area contributed by atoms with E-state index in [0.29, 0.717) is 0 Å². The second kappa shape index (κ2) is 18.3. The van der Waals surface area contributed by atoms with Crippen LogP contribution in [0, 0.1) is 6.04 Å². The molecule has 0 atom stereocenters. The van der Waals surface area contributed by atoms with Crippen LogP contribution < -0.4 is 35.4 Å². The normalized spacial score (nSPS) is 19.3. The molecule has 1 aliphatic heterocycles. The summed E-state index contributed by atoms with van der Waals surface area (Å²) >= 11 is 0. The van der Waals surface area contributed by atoms with Crippen molar-refractivity contribution in [1.82, 2.24) is 20.4 Å². The molecular weight excluding hydrogens is 415 g/mol. The van der Waals surface area contributed by atoms with Crippen molar-refractivity contribution in [3.05, 3.63) is 41.9 Å². The van der Waals surface area contributed by atoms with Crippen LogP contribution in [-0.4, -0.2) is 69.7 Å². The summed E-state index contributed by atoms with van der Waals surface area (Å²) in [5, 5.41) is 7.15. The summed E-state index contributed by atoms with van der Waals surface area (Å²) in [5.41, 5.74) is 1.36. The Bertz CT molecular complexity index is 439. The van der Waals surface area contributed by atoms with Gasteiger partial charge in [-0.15, -0.1) is 18.2 Å². The van der Waals surface area contributed by atoms with E-state index < -0.39 is 0 Å². The van der Waals surface area contributed by atoms with E-state index in [0.717, 1.165) is 39.1 Å². The molecule has 2 N–H and O–H groups in total. The Balaban J connectivity index is 0. The zero-order valence-electron chi connectivity index (χ0n) is 16.8. The van der Waals surface area contributed by atoms with Crippen molar-refractivity contribution in [1.29, 1.82) is 0 Å². The van der Waals surface area contributed by atoms with Crippen LogP contribution in [0.5, 0.6) is 0 Å². The number of nitrogens with one attached hydrogen (secondary N) is 2. The SMILES string of the molecule is CN1CCCNCCCNCC[C-](c2ccccc2)N(C)CCC1.[Cl-].[Cl-].[Ti+3]. The first-order chi connectivity index (χ1) is 11.8. The van der Waals surface area contributed by atoms with Crippen LogP contribution in [0.3, 0.4) is 0 Å². The Kier molecular flexibility index (Phi) is 19.9. The van der Waals surface area contributed by atoms with Crippen molar-refractivity contribution in [3.8, 4) is 0 Å². The van der Waals surface area contributed by atoms with E-state index >= 15 is 0 Å². The summed E-state index contributed by atoms with van der Waals surface area (Å²) in [7, 11) is 4.49. The van der Waals surface area contributed by atoms with Gasteiger partial charge in [-0.3, -0.25) is 0 Å². The number of nitrogens with zero attached hydrogens (tertiary/aromatic N) is 2. The van der Waals surface area contributed by atoms with Crippen LogP contribution in [0.4, 0.5) is 0 Å². The van der Waals surface area contributed by atoms with Gasteiger partial charge in [-0.1, -0.05) is 12.5 Å². The summed E-state index contributed by atoms with van der Waals surface area (Å²) in [4.78, 5) is 4.92. The molecule has 0 saturated carbocycles. The average molecular weight is 450 g/mol. The number of halogens is 2. The molecule has 7 heteroatoms. The molecule has 0 spiro atoms. The molecule has 1 aromatic rings. The van der Waals surface area contributed by atoms with Gasteiger partial charge in [0.15, 0.2) is 0 Å². The molecule has 1 aromatic carbocycles. The Hall–Kier alpha value is 0.224. The van der Waals surface area contributed by atoms with Crippen LogP contribution in [0.15, 0.2) is 30.3 Å². The van der Waals surface area contributed by atoms with E-state index in [1.165, 1.54) is 44.0 Å². The minimum Gasteiger partial charge on any atom is -1.00 e. The standard InChI is InChI=1S/C20H35N4.2ClH.Ti/c1-23-16-7-14-21-12-6-13-22-15-11-20(24(2)18-8-17-23)19-9-4-3-5-10-19;;;/h3-5,9-10,21-22H,6-8,11-18H2,1-2H3;2*1H;/q-1;;;+3/p-2. The van der Waals surface area contributed by atoms with E-state index in [4.69, 9.17) is 0 Å². The zero-order chi connectivity index (χ0) is 17.0. The Morgan fingerprint density at radius 2 is 1.37 bits per heavy atom. The van der Waals surface area contributed by atoms with E-state index in [2.05, 4.69) is 64.9 Å². The maximum absolute atomic E-state index is 3.60. The van der Waals surface area contributed by atoms with E-state index in [9.17, 15) is 0 Å². The molecule has 0 aromatic heterocycles. The van der Waals surface area contributed by atoms with Crippen molar-refractivity contribution in [3.63, 3.8) is 0 Å². The van der Waals surface area contributed by atoms with Gasteiger partial charge in [-0.05, 0) is 79.2 Å². The number of hydrogen-bond acceptors (Lipinski definition) is 4. The fraction of sp³-hybridized carbons (Fsp3) is 0.650. The van der Waals surface area contributed by atoms with Gasteiger partial charge in [0, 0.05) is 0 Å². The first-order valence-electron chi connectivity index (χ1n) is 9.50. The summed E-state index contributed by atoms with van der Waals surface area (Å²) in [5.74, 6) is 0. The van der Waals surface area contributed by atoms with Crippen molar-refractivity contribution in [2.24, 2.45) is 0 Å². The fourth-order valence-corrected chi connectivity index (χ4v) is 3.28. The molecule has 1 aliphatic rings. The molecule has 0 bridgehead atoms. The number of hydrogen-bond donors (Lipinski definition) is 2. The van der Waals surface area contributed by atoms with Gasteiger partial charge in [0.2, 0.25) is 0 Å². The van der Waals surface area contributed by atoms with E-state index in [1.54, 1.807) is 0 Å². The Morgan fingerprint density at radius 3 is 2.07 bits per heavy atom. The van der Waals surface area contributed by atoms with Crippen LogP contribution in [0.1, 0.15) is 31.2 Å². The third-order valence-electron chi connectivity index (χ3n) is 4.74. The van der Waals surface area contributed by atoms with Crippen molar-refractivity contribution in [2.45, 2.75) is 25.7 Å². The molecule has 1 fully saturated rings. The largest absolute Gasteiger partial charge is 3.00 e. The minimum absolute atomic E-state index is 0. The predicted molar refractivity (Wildman–Crippen MR) is 103 cm³/mol. The maximum atomic E-state index is 3.60. The molecule has 4 nitrogen and oxygen atoms in total. The van der Waals surface area contributed by atoms with Crippen molar-refractivity contribution in [2.75, 3.05) is 59.9 Å². The summed E-state index contributed by atoms with van der Waals surface area (Å²) in [6, 6.07) is 12.3. The third kappa shape index (κ3) is 12.4. The maximum Gasteiger partial charge on any atom is 3.00 e. The molecule has 1 saturated heterocycles. The first-order valence-corrected chi connectivity index (χ1v) is 9.50. The van der Waals surface area contributed by atoms with Crippen LogP contribution in [-0.2, 0) is 21.7 Å². The van der Waals surface area contributed by atoms with Gasteiger partial charge in [0.05, 0.1) is 0 Å². The van der Waals surface area contributed by atoms with Crippen molar-refractivity contribution >= 4 is 0 Å². The number of rotatable bonds is 1. The topological polar surface area (TPSA) is 30.5 Å². The monoisotopic (exact) mass is 449 g/mol.